The molecule has 0 radical (unpaired) electrons. The van der Waals surface area contributed by atoms with E-state index in [9.17, 15) is 14.7 Å². The van der Waals surface area contributed by atoms with Crippen LogP contribution in [0.4, 0.5) is 0 Å². The molecule has 0 amide bonds. The molecule has 1 atom stereocenters. The third-order valence-electron chi connectivity index (χ3n) is 2.92. The van der Waals surface area contributed by atoms with Gasteiger partial charge in [-0.25, -0.2) is 9.59 Å². The number of aliphatic hydroxyl groups excluding tert-OH is 1. The molecule has 3 N–H and O–H groups in total. The fourth-order valence-electron chi connectivity index (χ4n) is 1.87. The molecule has 6 nitrogen and oxygen atoms in total. The zero-order valence-corrected chi connectivity index (χ0v) is 11.1. The van der Waals surface area contributed by atoms with Gasteiger partial charge in [0.1, 0.15) is 0 Å². The number of nitrogens with zero attached hydrogens (tertiary/aromatic N) is 1. The number of carbonyl (C=O) groups is 2. The normalized spacial score (nSPS) is 11.9. The zero-order chi connectivity index (χ0) is 15.6. The van der Waals surface area contributed by atoms with E-state index >= 15 is 0 Å². The zero-order valence-electron chi connectivity index (χ0n) is 11.1. The quantitative estimate of drug-likeness (QED) is 0.795. The summed E-state index contributed by atoms with van der Waals surface area (Å²) in [6.45, 7) is 1.56. The van der Waals surface area contributed by atoms with E-state index in [2.05, 4.69) is 4.98 Å². The van der Waals surface area contributed by atoms with Gasteiger partial charge in [0.25, 0.3) is 0 Å². The minimum atomic E-state index is -1.22. The Balaban J connectivity index is 2.60. The summed E-state index contributed by atoms with van der Waals surface area (Å²) >= 11 is 0. The second kappa shape index (κ2) is 5.72. The molecule has 2 rings (SSSR count). The first-order chi connectivity index (χ1) is 9.88. The Labute approximate surface area is 120 Å². The molecule has 0 aliphatic carbocycles. The van der Waals surface area contributed by atoms with Crippen molar-refractivity contribution in [3.05, 3.63) is 53.2 Å². The molecular weight excluding hydrogens is 274 g/mol. The van der Waals surface area contributed by atoms with Crippen molar-refractivity contribution in [2.45, 2.75) is 13.0 Å². The maximum atomic E-state index is 11.1. The maximum absolute atomic E-state index is 11.1. The van der Waals surface area contributed by atoms with E-state index < -0.39 is 18.0 Å². The van der Waals surface area contributed by atoms with E-state index in [1.165, 1.54) is 12.1 Å². The average Bonchev–Trinajstić information content (AvgIpc) is 2.46. The molecule has 1 heterocycles. The Hall–Kier alpha value is -2.73. The number of carboxylic acids is 2. The fraction of sp³-hybridized carbons (Fsp3) is 0.133. The first-order valence-electron chi connectivity index (χ1n) is 6.15. The maximum Gasteiger partial charge on any atom is 0.335 e. The highest BCUT2D eigenvalue weighted by Crippen LogP contribution is 2.23. The number of aromatic nitrogens is 1. The second-order valence-corrected chi connectivity index (χ2v) is 4.53. The van der Waals surface area contributed by atoms with Crippen LogP contribution >= 0.6 is 0 Å². The van der Waals surface area contributed by atoms with Crippen LogP contribution in [-0.4, -0.2) is 32.2 Å². The molecule has 108 valence electrons. The molecular formula is C15H13NO5. The molecule has 6 heteroatoms. The molecule has 0 saturated carbocycles. The number of aromatic carboxylic acids is 2. The number of benzene rings is 1. The predicted octanol–water partition coefficient (Wildman–Crippen LogP) is 2.20. The van der Waals surface area contributed by atoms with Crippen molar-refractivity contribution < 1.29 is 24.9 Å². The van der Waals surface area contributed by atoms with Gasteiger partial charge in [0, 0.05) is 5.56 Å². The van der Waals surface area contributed by atoms with E-state index in [0.29, 0.717) is 17.0 Å². The molecule has 0 bridgehead atoms. The van der Waals surface area contributed by atoms with E-state index in [1.54, 1.807) is 25.1 Å². The number of aliphatic hydroxyl groups is 1. The third-order valence-corrected chi connectivity index (χ3v) is 2.92. The van der Waals surface area contributed by atoms with Crippen molar-refractivity contribution in [1.29, 1.82) is 0 Å². The van der Waals surface area contributed by atoms with Gasteiger partial charge in [-0.05, 0) is 37.3 Å². The number of hydrogen-bond donors (Lipinski definition) is 3. The van der Waals surface area contributed by atoms with Crippen molar-refractivity contribution in [2.24, 2.45) is 0 Å². The highest BCUT2D eigenvalue weighted by molar-refractivity contribution is 5.95. The SMILES string of the molecule is C[C@H](O)c1cccc(-c2cc(C(=O)O)cc(C(=O)O)c2)n1. The number of carboxylic acid groups (broad SMARTS) is 2. The lowest BCUT2D eigenvalue weighted by Crippen LogP contribution is -2.04. The monoisotopic (exact) mass is 287 g/mol. The first-order valence-corrected chi connectivity index (χ1v) is 6.15. The first kappa shape index (κ1) is 14.7. The van der Waals surface area contributed by atoms with Gasteiger partial charge in [-0.15, -0.1) is 0 Å². The van der Waals surface area contributed by atoms with Crippen LogP contribution in [0, 0.1) is 0 Å². The van der Waals surface area contributed by atoms with E-state index in [0.717, 1.165) is 6.07 Å². The standard InChI is InChI=1S/C15H13NO5/c1-8(17)12-3-2-4-13(16-12)9-5-10(14(18)19)7-11(6-9)15(20)21/h2-8,17H,1H3,(H,18,19)(H,20,21)/t8-/m0/s1. The van der Waals surface area contributed by atoms with Gasteiger partial charge in [-0.1, -0.05) is 6.07 Å². The summed E-state index contributed by atoms with van der Waals surface area (Å²) in [6.07, 6.45) is -0.772. The molecule has 0 aliphatic heterocycles. The molecule has 0 aliphatic rings. The van der Waals surface area contributed by atoms with E-state index in [4.69, 9.17) is 10.2 Å². The van der Waals surface area contributed by atoms with Gasteiger partial charge in [0.05, 0.1) is 28.6 Å². The van der Waals surface area contributed by atoms with Crippen LogP contribution in [0.25, 0.3) is 11.3 Å². The van der Waals surface area contributed by atoms with Gasteiger partial charge in [-0.3, -0.25) is 4.98 Å². The lowest BCUT2D eigenvalue weighted by atomic mass is 10.0. The van der Waals surface area contributed by atoms with E-state index in [-0.39, 0.29) is 11.1 Å². The lowest BCUT2D eigenvalue weighted by Gasteiger charge is -2.08. The number of hydrogen-bond acceptors (Lipinski definition) is 4. The van der Waals surface area contributed by atoms with Crippen LogP contribution < -0.4 is 0 Å². The highest BCUT2D eigenvalue weighted by Gasteiger charge is 2.13. The van der Waals surface area contributed by atoms with Gasteiger partial charge < -0.3 is 15.3 Å². The molecule has 0 fully saturated rings. The Morgan fingerprint density at radius 3 is 2.10 bits per heavy atom. The predicted molar refractivity (Wildman–Crippen MR) is 74.2 cm³/mol. The Morgan fingerprint density at radius 2 is 1.62 bits per heavy atom. The largest absolute Gasteiger partial charge is 0.478 e. The molecule has 1 aromatic heterocycles. The fourth-order valence-corrected chi connectivity index (χ4v) is 1.87. The summed E-state index contributed by atoms with van der Waals surface area (Å²) in [5.41, 5.74) is 0.933. The van der Waals surface area contributed by atoms with Crippen LogP contribution in [0.5, 0.6) is 0 Å². The van der Waals surface area contributed by atoms with Gasteiger partial charge in [0.15, 0.2) is 0 Å². The van der Waals surface area contributed by atoms with Crippen molar-refractivity contribution in [3.8, 4) is 11.3 Å². The minimum Gasteiger partial charge on any atom is -0.478 e. The number of rotatable bonds is 4. The van der Waals surface area contributed by atoms with Crippen molar-refractivity contribution >= 4 is 11.9 Å². The van der Waals surface area contributed by atoms with Gasteiger partial charge in [-0.2, -0.15) is 0 Å². The van der Waals surface area contributed by atoms with Crippen molar-refractivity contribution in [2.75, 3.05) is 0 Å². The minimum absolute atomic E-state index is 0.130. The Bertz CT molecular complexity index is 677. The van der Waals surface area contributed by atoms with Crippen LogP contribution in [0.3, 0.4) is 0 Å². The van der Waals surface area contributed by atoms with Crippen molar-refractivity contribution in [3.63, 3.8) is 0 Å². The smallest absolute Gasteiger partial charge is 0.335 e. The van der Waals surface area contributed by atoms with Gasteiger partial charge in [0.2, 0.25) is 0 Å². The Morgan fingerprint density at radius 1 is 1.05 bits per heavy atom. The van der Waals surface area contributed by atoms with E-state index in [1.807, 2.05) is 0 Å². The molecule has 2 aromatic rings. The van der Waals surface area contributed by atoms with Crippen LogP contribution in [-0.2, 0) is 0 Å². The Kier molecular flexibility index (Phi) is 4.00. The van der Waals surface area contributed by atoms with Crippen molar-refractivity contribution in [1.82, 2.24) is 4.98 Å². The molecule has 21 heavy (non-hydrogen) atoms. The summed E-state index contributed by atoms with van der Waals surface area (Å²) in [6, 6.07) is 8.71. The van der Waals surface area contributed by atoms with Crippen LogP contribution in [0.1, 0.15) is 39.4 Å². The second-order valence-electron chi connectivity index (χ2n) is 4.53. The molecule has 0 spiro atoms. The topological polar surface area (TPSA) is 108 Å². The lowest BCUT2D eigenvalue weighted by molar-refractivity contribution is 0.0696. The molecule has 0 saturated heterocycles. The van der Waals surface area contributed by atoms with Crippen LogP contribution in [0.2, 0.25) is 0 Å². The average molecular weight is 287 g/mol. The third kappa shape index (κ3) is 3.24. The summed E-state index contributed by atoms with van der Waals surface area (Å²) in [5.74, 6) is -2.43. The molecule has 0 unspecified atom stereocenters. The van der Waals surface area contributed by atoms with Crippen LogP contribution in [0.15, 0.2) is 36.4 Å². The summed E-state index contributed by atoms with van der Waals surface area (Å²) in [4.78, 5) is 26.4. The summed E-state index contributed by atoms with van der Waals surface area (Å²) in [7, 11) is 0. The highest BCUT2D eigenvalue weighted by atomic mass is 16.4. The van der Waals surface area contributed by atoms with Gasteiger partial charge >= 0.3 is 11.9 Å². The summed E-state index contributed by atoms with van der Waals surface area (Å²) in [5, 5.41) is 27.6. The summed E-state index contributed by atoms with van der Waals surface area (Å²) < 4.78 is 0. The molecule has 1 aromatic carbocycles. The number of pyridine rings is 1.